The molecule has 7 heteroatoms. The van der Waals surface area contributed by atoms with E-state index in [1.807, 2.05) is 21.5 Å². The van der Waals surface area contributed by atoms with Gasteiger partial charge in [0.15, 0.2) is 5.69 Å². The summed E-state index contributed by atoms with van der Waals surface area (Å²) in [5.74, 6) is 0.718. The number of aromatic nitrogens is 2. The zero-order valence-electron chi connectivity index (χ0n) is 17.0. The van der Waals surface area contributed by atoms with Crippen LogP contribution in [0.1, 0.15) is 60.3 Å². The fourth-order valence-corrected chi connectivity index (χ4v) is 4.88. The minimum absolute atomic E-state index is 0.0861. The molecule has 0 unspecified atom stereocenters. The zero-order valence-corrected chi connectivity index (χ0v) is 17.0. The number of carbonyl (C=O) groups excluding carboxylic acids is 2. The zero-order chi connectivity index (χ0) is 19.5. The Balaban J connectivity index is 1.34. The van der Waals surface area contributed by atoms with Crippen molar-refractivity contribution in [2.75, 3.05) is 39.4 Å². The molecule has 3 heterocycles. The smallest absolute Gasteiger partial charge is 0.274 e. The van der Waals surface area contributed by atoms with Crippen LogP contribution in [0.2, 0.25) is 0 Å². The molecule has 3 aliphatic rings. The third-order valence-corrected chi connectivity index (χ3v) is 6.50. The molecule has 28 heavy (non-hydrogen) atoms. The van der Waals surface area contributed by atoms with Gasteiger partial charge in [0.25, 0.3) is 5.91 Å². The Bertz CT molecular complexity index is 723. The van der Waals surface area contributed by atoms with E-state index in [1.54, 1.807) is 0 Å². The number of nitrogens with zero attached hydrogens (tertiary/aromatic N) is 4. The van der Waals surface area contributed by atoms with Crippen LogP contribution >= 0.6 is 0 Å². The average Bonchev–Trinajstić information content (AvgIpc) is 3.09. The number of carbonyl (C=O) groups is 2. The molecule has 4 rings (SSSR count). The van der Waals surface area contributed by atoms with Crippen molar-refractivity contribution in [1.82, 2.24) is 19.6 Å². The Morgan fingerprint density at radius 3 is 2.68 bits per heavy atom. The summed E-state index contributed by atoms with van der Waals surface area (Å²) in [5, 5.41) is 4.58. The monoisotopic (exact) mass is 388 g/mol. The van der Waals surface area contributed by atoms with E-state index in [-0.39, 0.29) is 11.8 Å². The molecule has 0 radical (unpaired) electrons. The van der Waals surface area contributed by atoms with Gasteiger partial charge in [0.1, 0.15) is 0 Å². The number of rotatable bonds is 4. The van der Waals surface area contributed by atoms with E-state index in [0.717, 1.165) is 51.6 Å². The number of morpholine rings is 1. The highest BCUT2D eigenvalue weighted by atomic mass is 16.5. The summed E-state index contributed by atoms with van der Waals surface area (Å²) in [6.07, 6.45) is 7.87. The molecule has 2 fully saturated rings. The lowest BCUT2D eigenvalue weighted by Crippen LogP contribution is -2.42. The number of ether oxygens (including phenoxy) is 1. The van der Waals surface area contributed by atoms with Gasteiger partial charge in [-0.3, -0.25) is 14.3 Å². The maximum atomic E-state index is 13.2. The standard InChI is InChI=1S/C21H32N4O3/c1-23-18-7-3-2-6-17(18)20(22-23)21(27)25-10-4-5-16(15-25)8-9-19(26)24-11-13-28-14-12-24/h16H,2-15H2,1H3/t16-/m1/s1. The second-order valence-corrected chi connectivity index (χ2v) is 8.40. The van der Waals surface area contributed by atoms with E-state index < -0.39 is 0 Å². The Labute approximate surface area is 167 Å². The lowest BCUT2D eigenvalue weighted by atomic mass is 9.92. The topological polar surface area (TPSA) is 67.7 Å². The van der Waals surface area contributed by atoms with Crippen LogP contribution in [0, 0.1) is 5.92 Å². The van der Waals surface area contributed by atoms with Crippen molar-refractivity contribution >= 4 is 11.8 Å². The number of hydrogen-bond acceptors (Lipinski definition) is 4. The molecule has 0 saturated carbocycles. The predicted octanol–water partition coefficient (Wildman–Crippen LogP) is 1.79. The van der Waals surface area contributed by atoms with Crippen molar-refractivity contribution in [3.05, 3.63) is 17.0 Å². The van der Waals surface area contributed by atoms with Crippen LogP contribution in [-0.4, -0.2) is 70.8 Å². The number of likely N-dealkylation sites (tertiary alicyclic amines) is 1. The first-order valence-electron chi connectivity index (χ1n) is 10.8. The highest BCUT2D eigenvalue weighted by Crippen LogP contribution is 2.27. The average molecular weight is 389 g/mol. The molecule has 2 saturated heterocycles. The van der Waals surface area contributed by atoms with E-state index in [2.05, 4.69) is 5.10 Å². The summed E-state index contributed by atoms with van der Waals surface area (Å²) >= 11 is 0. The molecular formula is C21H32N4O3. The van der Waals surface area contributed by atoms with Crippen LogP contribution in [0.4, 0.5) is 0 Å². The summed E-state index contributed by atoms with van der Waals surface area (Å²) in [4.78, 5) is 29.5. The maximum absolute atomic E-state index is 13.2. The van der Waals surface area contributed by atoms with E-state index >= 15 is 0 Å². The van der Waals surface area contributed by atoms with E-state index in [0.29, 0.717) is 44.3 Å². The normalized spacial score (nSPS) is 22.8. The molecular weight excluding hydrogens is 356 g/mol. The molecule has 2 aliphatic heterocycles. The number of aryl methyl sites for hydroxylation is 1. The Morgan fingerprint density at radius 1 is 1.07 bits per heavy atom. The molecule has 1 aliphatic carbocycles. The second kappa shape index (κ2) is 8.64. The third-order valence-electron chi connectivity index (χ3n) is 6.50. The van der Waals surface area contributed by atoms with Crippen LogP contribution in [0.3, 0.4) is 0 Å². The summed E-state index contributed by atoms with van der Waals surface area (Å²) in [6, 6.07) is 0. The van der Waals surface area contributed by atoms with Gasteiger partial charge in [-0.05, 0) is 50.9 Å². The van der Waals surface area contributed by atoms with E-state index in [9.17, 15) is 9.59 Å². The fraction of sp³-hybridized carbons (Fsp3) is 0.762. The lowest BCUT2D eigenvalue weighted by Gasteiger charge is -2.33. The molecule has 0 aromatic carbocycles. The largest absolute Gasteiger partial charge is 0.378 e. The van der Waals surface area contributed by atoms with Gasteiger partial charge in [-0.25, -0.2) is 0 Å². The molecule has 2 amide bonds. The number of piperidine rings is 1. The Morgan fingerprint density at radius 2 is 1.86 bits per heavy atom. The summed E-state index contributed by atoms with van der Waals surface area (Å²) < 4.78 is 7.23. The van der Waals surface area contributed by atoms with E-state index in [1.165, 1.54) is 17.7 Å². The van der Waals surface area contributed by atoms with Crippen molar-refractivity contribution in [1.29, 1.82) is 0 Å². The molecule has 1 aromatic heterocycles. The summed E-state index contributed by atoms with van der Waals surface area (Å²) in [7, 11) is 1.96. The minimum atomic E-state index is 0.0861. The van der Waals surface area contributed by atoms with Crippen LogP contribution in [0.15, 0.2) is 0 Å². The molecule has 0 N–H and O–H groups in total. The fourth-order valence-electron chi connectivity index (χ4n) is 4.88. The Kier molecular flexibility index (Phi) is 5.99. The van der Waals surface area contributed by atoms with Crippen LogP contribution in [0.25, 0.3) is 0 Å². The third kappa shape index (κ3) is 4.09. The second-order valence-electron chi connectivity index (χ2n) is 8.40. The highest BCUT2D eigenvalue weighted by Gasteiger charge is 2.30. The number of amides is 2. The predicted molar refractivity (Wildman–Crippen MR) is 105 cm³/mol. The molecule has 0 bridgehead atoms. The first-order chi connectivity index (χ1) is 13.6. The molecule has 7 nitrogen and oxygen atoms in total. The lowest BCUT2D eigenvalue weighted by molar-refractivity contribution is -0.135. The number of hydrogen-bond donors (Lipinski definition) is 0. The Hall–Kier alpha value is -1.89. The quantitative estimate of drug-likeness (QED) is 0.789. The van der Waals surface area contributed by atoms with Gasteiger partial charge >= 0.3 is 0 Å². The van der Waals surface area contributed by atoms with Crippen molar-refractivity contribution < 1.29 is 14.3 Å². The van der Waals surface area contributed by atoms with Crippen molar-refractivity contribution in [3.8, 4) is 0 Å². The van der Waals surface area contributed by atoms with Crippen LogP contribution < -0.4 is 0 Å². The number of fused-ring (bicyclic) bond motifs is 1. The summed E-state index contributed by atoms with van der Waals surface area (Å²) in [5.41, 5.74) is 3.07. The molecule has 0 spiro atoms. The van der Waals surface area contributed by atoms with Gasteiger partial charge in [0.2, 0.25) is 5.91 Å². The van der Waals surface area contributed by atoms with Gasteiger partial charge < -0.3 is 14.5 Å². The molecule has 1 aromatic rings. The maximum Gasteiger partial charge on any atom is 0.274 e. The van der Waals surface area contributed by atoms with Crippen LogP contribution in [-0.2, 0) is 29.4 Å². The van der Waals surface area contributed by atoms with Gasteiger partial charge in [0.05, 0.1) is 13.2 Å². The van der Waals surface area contributed by atoms with Crippen LogP contribution in [0.5, 0.6) is 0 Å². The van der Waals surface area contributed by atoms with Gasteiger partial charge in [-0.2, -0.15) is 5.10 Å². The highest BCUT2D eigenvalue weighted by molar-refractivity contribution is 5.94. The van der Waals surface area contributed by atoms with Gasteiger partial charge in [0, 0.05) is 50.9 Å². The SMILES string of the molecule is Cn1nc(C(=O)N2CCC[C@H](CCC(=O)N3CCOCC3)C2)c2c1CCCC2. The van der Waals surface area contributed by atoms with E-state index in [4.69, 9.17) is 4.74 Å². The molecule has 1 atom stereocenters. The first-order valence-corrected chi connectivity index (χ1v) is 10.8. The van der Waals surface area contributed by atoms with Gasteiger partial charge in [-0.1, -0.05) is 0 Å². The summed E-state index contributed by atoms with van der Waals surface area (Å²) in [6.45, 7) is 4.26. The van der Waals surface area contributed by atoms with Crippen molar-refractivity contribution in [3.63, 3.8) is 0 Å². The molecule has 154 valence electrons. The van der Waals surface area contributed by atoms with Crippen molar-refractivity contribution in [2.45, 2.75) is 51.4 Å². The minimum Gasteiger partial charge on any atom is -0.378 e. The van der Waals surface area contributed by atoms with Crippen molar-refractivity contribution in [2.24, 2.45) is 13.0 Å². The van der Waals surface area contributed by atoms with Gasteiger partial charge in [-0.15, -0.1) is 0 Å². The first kappa shape index (κ1) is 19.4.